The van der Waals surface area contributed by atoms with Crippen molar-refractivity contribution in [3.8, 4) is 0 Å². The summed E-state index contributed by atoms with van der Waals surface area (Å²) in [5, 5.41) is 0. The van der Waals surface area contributed by atoms with Crippen molar-refractivity contribution >= 4 is 10.4 Å². The molecule has 5 unspecified atom stereocenters. The number of hydrogen-bond acceptors (Lipinski definition) is 4. The monoisotopic (exact) mass is 488 g/mol. The minimum absolute atomic E-state index is 0. The SMILES string of the molecule is CC(C)CCCC(C)C1CCC2C3=CCC4C[C@@H](OS(=O)(=O)[O-])CC[C@]4(C)C3CC[C@@]21C.[Na+]. The van der Waals surface area contributed by atoms with Crippen LogP contribution in [0.5, 0.6) is 0 Å². The Kier molecular flexibility index (Phi) is 9.00. The Morgan fingerprint density at radius 1 is 1.03 bits per heavy atom. The van der Waals surface area contributed by atoms with E-state index in [9.17, 15) is 13.0 Å². The maximum Gasteiger partial charge on any atom is 1.00 e. The van der Waals surface area contributed by atoms with E-state index < -0.39 is 16.5 Å². The first kappa shape index (κ1) is 28.2. The van der Waals surface area contributed by atoms with Crippen LogP contribution >= 0.6 is 0 Å². The molecule has 0 aromatic heterocycles. The zero-order valence-electron chi connectivity index (χ0n) is 21.9. The molecule has 4 rings (SSSR count). The van der Waals surface area contributed by atoms with Crippen LogP contribution < -0.4 is 29.6 Å². The van der Waals surface area contributed by atoms with Gasteiger partial charge in [-0.05, 0) is 97.7 Å². The van der Waals surface area contributed by atoms with E-state index in [4.69, 9.17) is 4.18 Å². The standard InChI is InChI=1S/C27H46O4S.Na/c1-18(2)7-6-8-19(3)23-11-12-24-22-10-9-20-17-21(31-32(28,29)30)13-15-26(20,4)25(22)14-16-27(23,24)5;/h10,18-21,23-25H,6-9,11-17H2,1-5H3,(H,28,29,30);/q;+1/p-1/t19?,20?,21-,23?,24?,25?,26-,27+;/m0./s1. The van der Waals surface area contributed by atoms with Gasteiger partial charge in [-0.25, -0.2) is 8.42 Å². The molecule has 33 heavy (non-hydrogen) atoms. The molecule has 0 aromatic carbocycles. The van der Waals surface area contributed by atoms with E-state index in [1.54, 1.807) is 5.57 Å². The Bertz CT molecular complexity index is 824. The maximum atomic E-state index is 11.1. The molecular weight excluding hydrogens is 443 g/mol. The average Bonchev–Trinajstić information content (AvgIpc) is 3.04. The Labute approximate surface area is 225 Å². The van der Waals surface area contributed by atoms with Crippen molar-refractivity contribution < 1.29 is 46.7 Å². The molecule has 0 heterocycles. The number of allylic oxidation sites excluding steroid dienone is 2. The van der Waals surface area contributed by atoms with Gasteiger partial charge in [-0.3, -0.25) is 4.18 Å². The molecule has 0 saturated heterocycles. The summed E-state index contributed by atoms with van der Waals surface area (Å²) >= 11 is 0. The second-order valence-electron chi connectivity index (χ2n) is 12.7. The fourth-order valence-corrected chi connectivity index (χ4v) is 9.26. The van der Waals surface area contributed by atoms with Gasteiger partial charge >= 0.3 is 29.6 Å². The summed E-state index contributed by atoms with van der Waals surface area (Å²) in [4.78, 5) is 0. The Hall–Kier alpha value is 0.610. The van der Waals surface area contributed by atoms with Gasteiger partial charge < -0.3 is 4.55 Å². The van der Waals surface area contributed by atoms with Crippen LogP contribution in [-0.4, -0.2) is 19.1 Å². The van der Waals surface area contributed by atoms with Crippen molar-refractivity contribution in [1.29, 1.82) is 0 Å². The minimum atomic E-state index is -4.62. The fraction of sp³-hybridized carbons (Fsp3) is 0.926. The van der Waals surface area contributed by atoms with E-state index in [1.165, 1.54) is 44.9 Å². The van der Waals surface area contributed by atoms with Crippen LogP contribution in [0.3, 0.4) is 0 Å². The van der Waals surface area contributed by atoms with Gasteiger partial charge in [-0.15, -0.1) is 0 Å². The predicted molar refractivity (Wildman–Crippen MR) is 128 cm³/mol. The van der Waals surface area contributed by atoms with Crippen LogP contribution in [0.1, 0.15) is 105 Å². The third-order valence-corrected chi connectivity index (χ3v) is 11.0. The first-order valence-electron chi connectivity index (χ1n) is 13.3. The van der Waals surface area contributed by atoms with E-state index in [0.717, 1.165) is 36.5 Å². The van der Waals surface area contributed by atoms with Gasteiger partial charge in [0.25, 0.3) is 0 Å². The summed E-state index contributed by atoms with van der Waals surface area (Å²) < 4.78 is 38.2. The fourth-order valence-electron chi connectivity index (χ4n) is 8.75. The molecule has 0 aliphatic heterocycles. The molecule has 0 radical (unpaired) electrons. The Balaban J connectivity index is 0.00000306. The largest absolute Gasteiger partial charge is 1.00 e. The molecule has 0 amide bonds. The van der Waals surface area contributed by atoms with E-state index in [0.29, 0.717) is 30.1 Å². The quantitative estimate of drug-likeness (QED) is 0.236. The maximum absolute atomic E-state index is 11.1. The third-order valence-electron chi connectivity index (χ3n) is 10.5. The van der Waals surface area contributed by atoms with Crippen molar-refractivity contribution in [2.24, 2.45) is 46.3 Å². The summed E-state index contributed by atoms with van der Waals surface area (Å²) in [6, 6.07) is 0. The molecule has 0 spiro atoms. The molecule has 4 aliphatic rings. The van der Waals surface area contributed by atoms with Gasteiger partial charge in [0.15, 0.2) is 0 Å². The van der Waals surface area contributed by atoms with Crippen molar-refractivity contribution in [1.82, 2.24) is 0 Å². The van der Waals surface area contributed by atoms with Crippen LogP contribution in [0.2, 0.25) is 0 Å². The molecule has 4 aliphatic carbocycles. The molecule has 8 atom stereocenters. The zero-order chi connectivity index (χ0) is 23.3. The summed E-state index contributed by atoms with van der Waals surface area (Å²) in [6.07, 6.45) is 14.9. The molecule has 3 fully saturated rings. The van der Waals surface area contributed by atoms with Gasteiger partial charge in [0, 0.05) is 0 Å². The van der Waals surface area contributed by atoms with Crippen LogP contribution in [-0.2, 0) is 14.6 Å². The third kappa shape index (κ3) is 5.64. The summed E-state index contributed by atoms with van der Waals surface area (Å²) in [7, 11) is -4.62. The van der Waals surface area contributed by atoms with E-state index in [2.05, 4.69) is 40.7 Å². The predicted octanol–water partition coefficient (Wildman–Crippen LogP) is 3.88. The Morgan fingerprint density at radius 2 is 1.70 bits per heavy atom. The molecule has 0 N–H and O–H groups in total. The second-order valence-corrected chi connectivity index (χ2v) is 13.7. The average molecular weight is 489 g/mol. The smallest absolute Gasteiger partial charge is 0.726 e. The normalized spacial score (nSPS) is 41.4. The van der Waals surface area contributed by atoms with Crippen LogP contribution in [0.4, 0.5) is 0 Å². The van der Waals surface area contributed by atoms with Crippen LogP contribution in [0.15, 0.2) is 11.6 Å². The number of fused-ring (bicyclic) bond motifs is 5. The van der Waals surface area contributed by atoms with E-state index >= 15 is 0 Å². The van der Waals surface area contributed by atoms with Gasteiger partial charge in [-0.1, -0.05) is 65.5 Å². The van der Waals surface area contributed by atoms with Gasteiger partial charge in [-0.2, -0.15) is 0 Å². The second kappa shape index (κ2) is 10.5. The first-order valence-corrected chi connectivity index (χ1v) is 14.6. The van der Waals surface area contributed by atoms with E-state index in [-0.39, 0.29) is 35.0 Å². The molecule has 184 valence electrons. The number of hydrogen-bond donors (Lipinski definition) is 0. The van der Waals surface area contributed by atoms with Gasteiger partial charge in [0.1, 0.15) is 0 Å². The number of rotatable bonds is 7. The van der Waals surface area contributed by atoms with Crippen molar-refractivity contribution in [3.63, 3.8) is 0 Å². The minimum Gasteiger partial charge on any atom is -0.726 e. The van der Waals surface area contributed by atoms with Crippen molar-refractivity contribution in [2.45, 2.75) is 111 Å². The van der Waals surface area contributed by atoms with Crippen LogP contribution in [0, 0.1) is 46.3 Å². The summed E-state index contributed by atoms with van der Waals surface area (Å²) in [6.45, 7) is 12.2. The topological polar surface area (TPSA) is 66.4 Å². The van der Waals surface area contributed by atoms with Crippen molar-refractivity contribution in [3.05, 3.63) is 11.6 Å². The summed E-state index contributed by atoms with van der Waals surface area (Å²) in [5.41, 5.74) is 2.41. The van der Waals surface area contributed by atoms with Gasteiger partial charge in [0.05, 0.1) is 6.10 Å². The zero-order valence-corrected chi connectivity index (χ0v) is 24.8. The summed E-state index contributed by atoms with van der Waals surface area (Å²) in [5.74, 6) is 4.24. The molecule has 6 heteroatoms. The molecule has 3 saturated carbocycles. The molecule has 0 bridgehead atoms. The van der Waals surface area contributed by atoms with Crippen molar-refractivity contribution in [2.75, 3.05) is 0 Å². The van der Waals surface area contributed by atoms with Crippen LogP contribution in [0.25, 0.3) is 0 Å². The molecule has 0 aromatic rings. The molecular formula is C27H45NaO4S. The first-order chi connectivity index (χ1) is 14.9. The molecule has 4 nitrogen and oxygen atoms in total. The van der Waals surface area contributed by atoms with Gasteiger partial charge in [0.2, 0.25) is 10.4 Å². The van der Waals surface area contributed by atoms with E-state index in [1.807, 2.05) is 0 Å². The Morgan fingerprint density at radius 3 is 2.36 bits per heavy atom.